The lowest BCUT2D eigenvalue weighted by atomic mass is 10.2. The topological polar surface area (TPSA) is 50.7 Å². The monoisotopic (exact) mass is 148 g/mol. The first-order valence-corrected chi connectivity index (χ1v) is 3.26. The lowest BCUT2D eigenvalue weighted by molar-refractivity contribution is -0.615. The predicted octanol–water partition coefficient (Wildman–Crippen LogP) is 0.809. The van der Waals surface area contributed by atoms with E-state index in [-0.39, 0.29) is 5.69 Å². The summed E-state index contributed by atoms with van der Waals surface area (Å²) in [6.45, 7) is 3.42. The Kier molecular flexibility index (Phi) is 1.77. The minimum Gasteiger partial charge on any atom is -0.618 e. The van der Waals surface area contributed by atoms with Crippen LogP contribution in [0.1, 0.15) is 17.0 Å². The first-order valence-electron chi connectivity index (χ1n) is 3.26. The molecular weight excluding hydrogens is 140 g/mol. The van der Waals surface area contributed by atoms with Crippen LogP contribution in [0.3, 0.4) is 0 Å². The van der Waals surface area contributed by atoms with Crippen LogP contribution in [-0.4, -0.2) is 0 Å². The van der Waals surface area contributed by atoms with Crippen molar-refractivity contribution in [2.45, 2.75) is 13.8 Å². The van der Waals surface area contributed by atoms with Crippen LogP contribution < -0.4 is 4.73 Å². The third kappa shape index (κ3) is 1.15. The summed E-state index contributed by atoms with van der Waals surface area (Å²) in [6.07, 6.45) is 0. The van der Waals surface area contributed by atoms with Gasteiger partial charge in [0.15, 0.2) is 11.8 Å². The van der Waals surface area contributed by atoms with Crippen LogP contribution in [-0.2, 0) is 0 Å². The van der Waals surface area contributed by atoms with E-state index in [4.69, 9.17) is 5.26 Å². The smallest absolute Gasteiger partial charge is 0.297 e. The summed E-state index contributed by atoms with van der Waals surface area (Å²) in [5.74, 6) is 0. The minimum absolute atomic E-state index is 0.185. The highest BCUT2D eigenvalue weighted by Crippen LogP contribution is 2.01. The molecule has 0 spiro atoms. The van der Waals surface area contributed by atoms with Gasteiger partial charge >= 0.3 is 0 Å². The maximum absolute atomic E-state index is 11.1. The molecule has 0 bridgehead atoms. The fourth-order valence-electron chi connectivity index (χ4n) is 0.862. The molecule has 56 valence electrons. The Labute approximate surface area is 65.1 Å². The van der Waals surface area contributed by atoms with Crippen molar-refractivity contribution in [2.75, 3.05) is 0 Å². The van der Waals surface area contributed by atoms with Gasteiger partial charge in [-0.1, -0.05) is 0 Å². The second-order valence-corrected chi connectivity index (χ2v) is 2.41. The third-order valence-electron chi connectivity index (χ3n) is 1.58. The number of aromatic nitrogens is 1. The lowest BCUT2D eigenvalue weighted by Crippen LogP contribution is -2.34. The normalized spacial score (nSPS) is 9.18. The molecule has 3 heteroatoms. The highest BCUT2D eigenvalue weighted by atomic mass is 16.5. The molecule has 0 unspecified atom stereocenters. The Morgan fingerprint density at radius 1 is 1.45 bits per heavy atom. The second kappa shape index (κ2) is 2.59. The Balaban J connectivity index is 3.44. The predicted molar refractivity (Wildman–Crippen MR) is 39.6 cm³/mol. The van der Waals surface area contributed by atoms with E-state index in [1.54, 1.807) is 26.0 Å². The van der Waals surface area contributed by atoms with Crippen LogP contribution in [0.4, 0.5) is 0 Å². The van der Waals surface area contributed by atoms with Gasteiger partial charge < -0.3 is 5.21 Å². The SMILES string of the molecule is Cc1ccc(C)[n+]([O-])c1C#N. The molecule has 0 radical (unpaired) electrons. The minimum atomic E-state index is 0.185. The molecule has 0 aliphatic carbocycles. The summed E-state index contributed by atoms with van der Waals surface area (Å²) in [5, 5.41) is 19.7. The van der Waals surface area contributed by atoms with E-state index in [1.807, 2.05) is 6.07 Å². The van der Waals surface area contributed by atoms with Crippen molar-refractivity contribution in [3.8, 4) is 6.07 Å². The first kappa shape index (κ1) is 7.55. The number of pyridine rings is 1. The highest BCUT2D eigenvalue weighted by molar-refractivity contribution is 5.26. The quantitative estimate of drug-likeness (QED) is 0.403. The van der Waals surface area contributed by atoms with E-state index in [0.717, 1.165) is 0 Å². The zero-order chi connectivity index (χ0) is 8.43. The van der Waals surface area contributed by atoms with Crippen molar-refractivity contribution >= 4 is 0 Å². The summed E-state index contributed by atoms with van der Waals surface area (Å²) >= 11 is 0. The molecule has 0 fully saturated rings. The van der Waals surface area contributed by atoms with E-state index in [2.05, 4.69) is 0 Å². The van der Waals surface area contributed by atoms with Gasteiger partial charge in [-0.3, -0.25) is 0 Å². The Bertz CT molecular complexity index is 326. The van der Waals surface area contributed by atoms with Crippen molar-refractivity contribution in [3.63, 3.8) is 0 Å². The van der Waals surface area contributed by atoms with Gasteiger partial charge in [-0.15, -0.1) is 0 Å². The summed E-state index contributed by atoms with van der Waals surface area (Å²) in [7, 11) is 0. The summed E-state index contributed by atoms with van der Waals surface area (Å²) in [5.41, 5.74) is 1.45. The van der Waals surface area contributed by atoms with Gasteiger partial charge in [-0.05, 0) is 13.0 Å². The molecule has 1 heterocycles. The van der Waals surface area contributed by atoms with Crippen LogP contribution in [0.15, 0.2) is 12.1 Å². The average Bonchev–Trinajstić information content (AvgIpc) is 1.99. The molecule has 0 aliphatic heterocycles. The molecule has 0 atom stereocenters. The first-order chi connectivity index (χ1) is 5.16. The maximum atomic E-state index is 11.1. The summed E-state index contributed by atoms with van der Waals surface area (Å²) < 4.78 is 0.648. The third-order valence-corrected chi connectivity index (χ3v) is 1.58. The molecule has 1 rings (SSSR count). The van der Waals surface area contributed by atoms with Gasteiger partial charge in [0, 0.05) is 18.6 Å². The standard InChI is InChI=1S/C8H8N2O/c1-6-3-4-7(2)10(11)8(6)5-9/h3-4H,1-2H3. The maximum Gasteiger partial charge on any atom is 0.297 e. The fourth-order valence-corrected chi connectivity index (χ4v) is 0.862. The van der Waals surface area contributed by atoms with Gasteiger partial charge in [0.1, 0.15) is 0 Å². The molecule has 1 aromatic rings. The van der Waals surface area contributed by atoms with Crippen LogP contribution in [0.2, 0.25) is 0 Å². The molecule has 0 saturated carbocycles. The van der Waals surface area contributed by atoms with Crippen molar-refractivity contribution in [2.24, 2.45) is 0 Å². The second-order valence-electron chi connectivity index (χ2n) is 2.41. The molecule has 0 saturated heterocycles. The zero-order valence-electron chi connectivity index (χ0n) is 6.46. The van der Waals surface area contributed by atoms with E-state index in [1.165, 1.54) is 0 Å². The van der Waals surface area contributed by atoms with Crippen LogP contribution in [0, 0.1) is 30.4 Å². The van der Waals surface area contributed by atoms with Gasteiger partial charge in [-0.2, -0.15) is 9.99 Å². The van der Waals surface area contributed by atoms with Gasteiger partial charge in [0.2, 0.25) is 0 Å². The molecule has 1 aromatic heterocycles. The molecule has 3 nitrogen and oxygen atoms in total. The number of aryl methyl sites for hydroxylation is 2. The van der Waals surface area contributed by atoms with Crippen molar-refractivity contribution in [1.29, 1.82) is 5.26 Å². The van der Waals surface area contributed by atoms with Crippen LogP contribution >= 0.6 is 0 Å². The zero-order valence-corrected chi connectivity index (χ0v) is 6.46. The number of hydrogen-bond acceptors (Lipinski definition) is 2. The van der Waals surface area contributed by atoms with Crippen LogP contribution in [0.5, 0.6) is 0 Å². The van der Waals surface area contributed by atoms with Gasteiger partial charge in [-0.25, -0.2) is 0 Å². The molecule has 11 heavy (non-hydrogen) atoms. The largest absolute Gasteiger partial charge is 0.618 e. The molecule has 0 N–H and O–H groups in total. The fraction of sp³-hybridized carbons (Fsp3) is 0.250. The van der Waals surface area contributed by atoms with Crippen LogP contribution in [0.25, 0.3) is 0 Å². The summed E-state index contributed by atoms with van der Waals surface area (Å²) in [6, 6.07) is 5.32. The molecule has 0 aliphatic rings. The molecule has 0 aromatic carbocycles. The van der Waals surface area contributed by atoms with E-state index in [9.17, 15) is 5.21 Å². The highest BCUT2D eigenvalue weighted by Gasteiger charge is 2.09. The number of rotatable bonds is 0. The Morgan fingerprint density at radius 2 is 2.09 bits per heavy atom. The van der Waals surface area contributed by atoms with Crippen molar-refractivity contribution in [1.82, 2.24) is 0 Å². The number of nitriles is 1. The van der Waals surface area contributed by atoms with Gasteiger partial charge in [0.05, 0.1) is 0 Å². The van der Waals surface area contributed by atoms with Gasteiger partial charge in [0.25, 0.3) is 5.69 Å². The lowest BCUT2D eigenvalue weighted by Gasteiger charge is -2.02. The molecular formula is C8H8N2O. The van der Waals surface area contributed by atoms with E-state index < -0.39 is 0 Å². The number of hydrogen-bond donors (Lipinski definition) is 0. The van der Waals surface area contributed by atoms with E-state index in [0.29, 0.717) is 16.0 Å². The summed E-state index contributed by atoms with van der Waals surface area (Å²) in [4.78, 5) is 0. The molecule has 0 amide bonds. The van der Waals surface area contributed by atoms with E-state index >= 15 is 0 Å². The number of nitrogens with zero attached hydrogens (tertiary/aromatic N) is 2. The Hall–Kier alpha value is -1.56. The average molecular weight is 148 g/mol. The van der Waals surface area contributed by atoms with Crippen molar-refractivity contribution < 1.29 is 4.73 Å². The Morgan fingerprint density at radius 3 is 2.55 bits per heavy atom. The van der Waals surface area contributed by atoms with Crippen molar-refractivity contribution in [3.05, 3.63) is 34.3 Å².